The third-order valence-corrected chi connectivity index (χ3v) is 6.39. The van der Waals surface area contributed by atoms with Gasteiger partial charge in [-0.25, -0.2) is 4.98 Å². The number of amides is 1. The summed E-state index contributed by atoms with van der Waals surface area (Å²) in [7, 11) is 0. The minimum Gasteiger partial charge on any atom is -0.379 e. The van der Waals surface area contributed by atoms with Crippen molar-refractivity contribution in [3.05, 3.63) is 58.1 Å². The Morgan fingerprint density at radius 2 is 1.96 bits per heavy atom. The van der Waals surface area contributed by atoms with Crippen LogP contribution in [0.25, 0.3) is 10.2 Å². The molecule has 0 bridgehead atoms. The number of halogens is 1. The maximum absolute atomic E-state index is 13.3. The van der Waals surface area contributed by atoms with Crippen molar-refractivity contribution >= 4 is 48.5 Å². The fraction of sp³-hybridized carbons (Fsp3) is 0.333. The van der Waals surface area contributed by atoms with Crippen molar-refractivity contribution in [2.75, 3.05) is 44.3 Å². The van der Waals surface area contributed by atoms with E-state index in [1.807, 2.05) is 54.3 Å². The molecule has 4 rings (SSSR count). The molecule has 1 aliphatic heterocycles. The van der Waals surface area contributed by atoms with Gasteiger partial charge >= 0.3 is 0 Å². The lowest BCUT2D eigenvalue weighted by Crippen LogP contribution is -2.43. The van der Waals surface area contributed by atoms with Crippen LogP contribution in [0.1, 0.15) is 15.9 Å². The van der Waals surface area contributed by atoms with E-state index < -0.39 is 0 Å². The lowest BCUT2D eigenvalue weighted by Gasteiger charge is -2.29. The second kappa shape index (κ2) is 8.69. The lowest BCUT2D eigenvalue weighted by atomic mass is 10.1. The van der Waals surface area contributed by atoms with Gasteiger partial charge in [-0.05, 0) is 37.3 Å². The summed E-state index contributed by atoms with van der Waals surface area (Å²) in [5, 5.41) is 0.743. The summed E-state index contributed by atoms with van der Waals surface area (Å²) in [6.07, 6.45) is 0. The summed E-state index contributed by atoms with van der Waals surface area (Å²) in [6, 6.07) is 13.7. The molecule has 0 saturated carbocycles. The third kappa shape index (κ3) is 4.43. The number of hydrogen-bond donors (Lipinski definition) is 0. The second-order valence-corrected chi connectivity index (χ2v) is 8.81. The molecule has 1 aliphatic rings. The molecule has 2 heterocycles. The number of carbonyl (C=O) groups excluding carboxylic acids is 1. The Labute approximate surface area is 177 Å². The van der Waals surface area contributed by atoms with Crippen LogP contribution in [0.15, 0.2) is 46.9 Å². The predicted octanol–water partition coefficient (Wildman–Crippen LogP) is 4.35. The molecule has 1 aromatic heterocycles. The van der Waals surface area contributed by atoms with Gasteiger partial charge < -0.3 is 4.74 Å². The number of anilines is 1. The highest BCUT2D eigenvalue weighted by atomic mass is 79.9. The fourth-order valence-electron chi connectivity index (χ4n) is 3.20. The summed E-state index contributed by atoms with van der Waals surface area (Å²) < 4.78 is 7.51. The first-order valence-electron chi connectivity index (χ1n) is 9.35. The number of rotatable bonds is 5. The van der Waals surface area contributed by atoms with Gasteiger partial charge in [0.1, 0.15) is 0 Å². The smallest absolute Gasteiger partial charge is 0.260 e. The van der Waals surface area contributed by atoms with E-state index in [4.69, 9.17) is 9.72 Å². The van der Waals surface area contributed by atoms with Gasteiger partial charge in [0, 0.05) is 36.2 Å². The Morgan fingerprint density at radius 3 is 2.71 bits per heavy atom. The number of nitrogens with zero attached hydrogens (tertiary/aromatic N) is 3. The molecule has 0 atom stereocenters. The first kappa shape index (κ1) is 19.5. The highest BCUT2D eigenvalue weighted by molar-refractivity contribution is 9.10. The van der Waals surface area contributed by atoms with Crippen molar-refractivity contribution in [3.8, 4) is 0 Å². The highest BCUT2D eigenvalue weighted by Gasteiger charge is 2.22. The van der Waals surface area contributed by atoms with Crippen LogP contribution in [0.2, 0.25) is 0 Å². The van der Waals surface area contributed by atoms with E-state index in [1.54, 1.807) is 11.3 Å². The number of aromatic nitrogens is 1. The molecule has 7 heteroatoms. The van der Waals surface area contributed by atoms with Gasteiger partial charge in [-0.3, -0.25) is 14.6 Å². The number of aryl methyl sites for hydroxylation is 1. The van der Waals surface area contributed by atoms with Crippen molar-refractivity contribution in [2.24, 2.45) is 0 Å². The molecule has 0 aliphatic carbocycles. The maximum atomic E-state index is 13.3. The van der Waals surface area contributed by atoms with Gasteiger partial charge in [-0.15, -0.1) is 0 Å². The lowest BCUT2D eigenvalue weighted by molar-refractivity contribution is 0.0391. The Bertz CT molecular complexity index is 967. The molecule has 0 spiro atoms. The average Bonchev–Trinajstić information content (AvgIpc) is 3.12. The molecule has 5 nitrogen and oxygen atoms in total. The molecule has 1 saturated heterocycles. The summed E-state index contributed by atoms with van der Waals surface area (Å²) in [5.41, 5.74) is 2.74. The maximum Gasteiger partial charge on any atom is 0.260 e. The molecule has 1 fully saturated rings. The average molecular weight is 460 g/mol. The Hall–Kier alpha value is -1.80. The molecule has 0 N–H and O–H groups in total. The minimum atomic E-state index is -0.00798. The second-order valence-electron chi connectivity index (χ2n) is 6.89. The SMILES string of the molecule is Cc1ccc(C(=O)N(CCN2CCOCC2)c2nc3ccc(Br)cc3s2)cc1. The van der Waals surface area contributed by atoms with Crippen LogP contribution in [0.5, 0.6) is 0 Å². The van der Waals surface area contributed by atoms with Crippen molar-refractivity contribution < 1.29 is 9.53 Å². The van der Waals surface area contributed by atoms with Gasteiger partial charge in [-0.2, -0.15) is 0 Å². The van der Waals surface area contributed by atoms with E-state index in [-0.39, 0.29) is 5.91 Å². The van der Waals surface area contributed by atoms with Crippen LogP contribution >= 0.6 is 27.3 Å². The van der Waals surface area contributed by atoms with Crippen molar-refractivity contribution in [2.45, 2.75) is 6.92 Å². The quantitative estimate of drug-likeness (QED) is 0.568. The van der Waals surface area contributed by atoms with E-state index >= 15 is 0 Å². The summed E-state index contributed by atoms with van der Waals surface area (Å²) in [5.74, 6) is -0.00798. The Balaban J connectivity index is 1.62. The molecular weight excluding hydrogens is 438 g/mol. The molecule has 2 aromatic carbocycles. The largest absolute Gasteiger partial charge is 0.379 e. The summed E-state index contributed by atoms with van der Waals surface area (Å²) in [6.45, 7) is 6.74. The van der Waals surface area contributed by atoms with E-state index in [0.717, 1.165) is 58.2 Å². The molecule has 28 heavy (non-hydrogen) atoms. The van der Waals surface area contributed by atoms with Crippen LogP contribution < -0.4 is 4.90 Å². The molecule has 3 aromatic rings. The summed E-state index contributed by atoms with van der Waals surface area (Å²) in [4.78, 5) is 22.2. The van der Waals surface area contributed by atoms with E-state index in [1.165, 1.54) is 0 Å². The number of thiazole rings is 1. The zero-order valence-electron chi connectivity index (χ0n) is 15.7. The molecule has 1 amide bonds. The summed E-state index contributed by atoms with van der Waals surface area (Å²) >= 11 is 5.07. The number of hydrogen-bond acceptors (Lipinski definition) is 5. The van der Waals surface area contributed by atoms with Gasteiger partial charge in [0.15, 0.2) is 5.13 Å². The first-order chi connectivity index (χ1) is 13.6. The van der Waals surface area contributed by atoms with Crippen LogP contribution in [-0.4, -0.2) is 55.2 Å². The number of morpholine rings is 1. The van der Waals surface area contributed by atoms with Gasteiger partial charge in [0.2, 0.25) is 0 Å². The Kier molecular flexibility index (Phi) is 6.06. The van der Waals surface area contributed by atoms with Gasteiger partial charge in [0.05, 0.1) is 23.4 Å². The van der Waals surface area contributed by atoms with Crippen molar-refractivity contribution in [3.63, 3.8) is 0 Å². The van der Waals surface area contributed by atoms with Gasteiger partial charge in [-0.1, -0.05) is 45.0 Å². The van der Waals surface area contributed by atoms with E-state index in [9.17, 15) is 4.79 Å². The molecular formula is C21H22BrN3O2S. The molecule has 146 valence electrons. The van der Waals surface area contributed by atoms with Gasteiger partial charge in [0.25, 0.3) is 5.91 Å². The molecule has 0 radical (unpaired) electrons. The van der Waals surface area contributed by atoms with Crippen LogP contribution in [-0.2, 0) is 4.74 Å². The zero-order valence-corrected chi connectivity index (χ0v) is 18.1. The number of fused-ring (bicyclic) bond motifs is 1. The Morgan fingerprint density at radius 1 is 1.21 bits per heavy atom. The topological polar surface area (TPSA) is 45.7 Å². The zero-order chi connectivity index (χ0) is 19.5. The van der Waals surface area contributed by atoms with Crippen LogP contribution in [0.3, 0.4) is 0 Å². The number of ether oxygens (including phenoxy) is 1. The van der Waals surface area contributed by atoms with E-state index in [2.05, 4.69) is 20.8 Å². The van der Waals surface area contributed by atoms with Crippen LogP contribution in [0, 0.1) is 6.92 Å². The predicted molar refractivity (Wildman–Crippen MR) is 117 cm³/mol. The fourth-order valence-corrected chi connectivity index (χ4v) is 4.75. The monoisotopic (exact) mass is 459 g/mol. The highest BCUT2D eigenvalue weighted by Crippen LogP contribution is 2.31. The third-order valence-electron chi connectivity index (χ3n) is 4.86. The molecule has 0 unspecified atom stereocenters. The number of carbonyl (C=O) groups is 1. The standard InChI is InChI=1S/C21H22BrN3O2S/c1-15-2-4-16(5-3-15)20(26)25(9-8-24-10-12-27-13-11-24)21-23-18-7-6-17(22)14-19(18)28-21/h2-7,14H,8-13H2,1H3. The number of benzene rings is 2. The minimum absolute atomic E-state index is 0.00798. The van der Waals surface area contributed by atoms with Crippen molar-refractivity contribution in [1.82, 2.24) is 9.88 Å². The van der Waals surface area contributed by atoms with Crippen molar-refractivity contribution in [1.29, 1.82) is 0 Å². The van der Waals surface area contributed by atoms with E-state index in [0.29, 0.717) is 12.1 Å². The van der Waals surface area contributed by atoms with Crippen LogP contribution in [0.4, 0.5) is 5.13 Å². The first-order valence-corrected chi connectivity index (χ1v) is 11.0. The normalized spacial score (nSPS) is 15.1.